The Bertz CT molecular complexity index is 1200. The molecule has 1 atom stereocenters. The molecule has 0 spiro atoms. The molecular weight excluding hydrogens is 400 g/mol. The Hall–Kier alpha value is -3.93. The number of hydrogen-bond acceptors (Lipinski definition) is 5. The Balaban J connectivity index is 1.34. The first-order valence-electron chi connectivity index (χ1n) is 10.5. The van der Waals surface area contributed by atoms with E-state index >= 15 is 0 Å². The van der Waals surface area contributed by atoms with Crippen molar-refractivity contribution in [2.24, 2.45) is 0 Å². The number of nitrogens with one attached hydrogen (secondary N) is 1. The molecule has 6 nitrogen and oxygen atoms in total. The van der Waals surface area contributed by atoms with E-state index in [2.05, 4.69) is 15.3 Å². The number of ether oxygens (including phenoxy) is 1. The molecule has 0 fully saturated rings. The fourth-order valence-corrected chi connectivity index (χ4v) is 3.30. The van der Waals surface area contributed by atoms with Gasteiger partial charge in [-0.1, -0.05) is 24.3 Å². The van der Waals surface area contributed by atoms with Gasteiger partial charge in [0.2, 0.25) is 0 Å². The maximum absolute atomic E-state index is 12.4. The van der Waals surface area contributed by atoms with Gasteiger partial charge in [-0.15, -0.1) is 0 Å². The van der Waals surface area contributed by atoms with Crippen LogP contribution in [0.3, 0.4) is 0 Å². The van der Waals surface area contributed by atoms with E-state index in [1.807, 2.05) is 91.8 Å². The monoisotopic (exact) mass is 426 g/mol. The van der Waals surface area contributed by atoms with E-state index < -0.39 is 6.10 Å². The van der Waals surface area contributed by atoms with Gasteiger partial charge in [0.25, 0.3) is 5.91 Å². The van der Waals surface area contributed by atoms with Gasteiger partial charge in [0.1, 0.15) is 5.75 Å². The minimum Gasteiger partial charge on any atom is -0.481 e. The molecule has 0 aliphatic heterocycles. The molecule has 0 radical (unpaired) electrons. The van der Waals surface area contributed by atoms with Crippen LogP contribution < -0.4 is 15.0 Å². The number of rotatable bonds is 7. The molecule has 3 aromatic carbocycles. The zero-order valence-corrected chi connectivity index (χ0v) is 18.4. The van der Waals surface area contributed by atoms with Crippen LogP contribution in [0.25, 0.3) is 22.3 Å². The Morgan fingerprint density at radius 1 is 0.969 bits per heavy atom. The minimum atomic E-state index is -0.609. The van der Waals surface area contributed by atoms with Crippen molar-refractivity contribution in [2.75, 3.05) is 19.0 Å². The van der Waals surface area contributed by atoms with Gasteiger partial charge < -0.3 is 15.0 Å². The average Bonchev–Trinajstić information content (AvgIpc) is 2.83. The Labute approximate surface area is 187 Å². The standard InChI is InChI=1S/C26H26N4O2/c1-18(26(31)28-16-19-8-12-21(13-9-19)30(2)3)32-22-14-10-20(11-15-22)25-17-27-23-6-4-5-7-24(23)29-25/h4-15,17-18H,16H2,1-3H3,(H,28,31)/t18-/m0/s1. The van der Waals surface area contributed by atoms with Crippen molar-refractivity contribution >= 4 is 22.6 Å². The molecule has 0 unspecified atom stereocenters. The fraction of sp³-hybridized carbons (Fsp3) is 0.192. The highest BCUT2D eigenvalue weighted by Gasteiger charge is 2.14. The van der Waals surface area contributed by atoms with Crippen LogP contribution in [0.5, 0.6) is 5.75 Å². The minimum absolute atomic E-state index is 0.161. The van der Waals surface area contributed by atoms with E-state index in [4.69, 9.17) is 4.74 Å². The lowest BCUT2D eigenvalue weighted by molar-refractivity contribution is -0.127. The lowest BCUT2D eigenvalue weighted by Crippen LogP contribution is -2.35. The zero-order chi connectivity index (χ0) is 22.5. The summed E-state index contributed by atoms with van der Waals surface area (Å²) >= 11 is 0. The number of nitrogens with zero attached hydrogens (tertiary/aromatic N) is 3. The van der Waals surface area contributed by atoms with Gasteiger partial charge >= 0.3 is 0 Å². The van der Waals surface area contributed by atoms with Gasteiger partial charge in [0.15, 0.2) is 6.10 Å². The van der Waals surface area contributed by atoms with Gasteiger partial charge in [0, 0.05) is 31.9 Å². The molecule has 162 valence electrons. The third-order valence-electron chi connectivity index (χ3n) is 5.20. The van der Waals surface area contributed by atoms with Crippen LogP contribution in [0, 0.1) is 0 Å². The lowest BCUT2D eigenvalue weighted by atomic mass is 10.1. The molecule has 0 aliphatic carbocycles. The number of anilines is 1. The van der Waals surface area contributed by atoms with Crippen molar-refractivity contribution < 1.29 is 9.53 Å². The lowest BCUT2D eigenvalue weighted by Gasteiger charge is -2.16. The summed E-state index contributed by atoms with van der Waals surface area (Å²) in [5.74, 6) is 0.464. The average molecular weight is 427 g/mol. The van der Waals surface area contributed by atoms with E-state index in [1.165, 1.54) is 0 Å². The van der Waals surface area contributed by atoms with E-state index in [0.717, 1.165) is 33.5 Å². The second-order valence-electron chi connectivity index (χ2n) is 7.81. The maximum Gasteiger partial charge on any atom is 0.261 e. The summed E-state index contributed by atoms with van der Waals surface area (Å²) in [4.78, 5) is 23.6. The highest BCUT2D eigenvalue weighted by atomic mass is 16.5. The molecule has 32 heavy (non-hydrogen) atoms. The number of carbonyl (C=O) groups is 1. The summed E-state index contributed by atoms with van der Waals surface area (Å²) in [6.07, 6.45) is 1.15. The fourth-order valence-electron chi connectivity index (χ4n) is 3.30. The number of para-hydroxylation sites is 2. The topological polar surface area (TPSA) is 67.3 Å². The summed E-state index contributed by atoms with van der Waals surface area (Å²) < 4.78 is 5.82. The summed E-state index contributed by atoms with van der Waals surface area (Å²) in [6, 6.07) is 23.4. The number of hydrogen-bond donors (Lipinski definition) is 1. The highest BCUT2D eigenvalue weighted by molar-refractivity contribution is 5.80. The van der Waals surface area contributed by atoms with Crippen molar-refractivity contribution in [3.8, 4) is 17.0 Å². The smallest absolute Gasteiger partial charge is 0.261 e. The molecule has 4 rings (SSSR count). The number of carbonyl (C=O) groups excluding carboxylic acids is 1. The molecular formula is C26H26N4O2. The van der Waals surface area contributed by atoms with E-state index in [9.17, 15) is 4.79 Å². The van der Waals surface area contributed by atoms with Gasteiger partial charge in [-0.05, 0) is 61.0 Å². The first-order valence-corrected chi connectivity index (χ1v) is 10.5. The maximum atomic E-state index is 12.4. The SMILES string of the molecule is C[C@H](Oc1ccc(-c2cnc3ccccc3n2)cc1)C(=O)NCc1ccc(N(C)C)cc1. The highest BCUT2D eigenvalue weighted by Crippen LogP contribution is 2.22. The van der Waals surface area contributed by atoms with Crippen molar-refractivity contribution in [2.45, 2.75) is 19.6 Å². The molecule has 1 heterocycles. The second-order valence-corrected chi connectivity index (χ2v) is 7.81. The molecule has 1 N–H and O–H groups in total. The third kappa shape index (κ3) is 5.03. The third-order valence-corrected chi connectivity index (χ3v) is 5.20. The van der Waals surface area contributed by atoms with Crippen molar-refractivity contribution in [3.63, 3.8) is 0 Å². The first-order chi connectivity index (χ1) is 15.5. The summed E-state index contributed by atoms with van der Waals surface area (Å²) in [7, 11) is 4.00. The number of fused-ring (bicyclic) bond motifs is 1. The summed E-state index contributed by atoms with van der Waals surface area (Å²) in [5, 5.41) is 2.93. The molecule has 0 aliphatic rings. The normalized spacial score (nSPS) is 11.7. The Morgan fingerprint density at radius 3 is 2.34 bits per heavy atom. The number of aromatic nitrogens is 2. The Kier molecular flexibility index (Phi) is 6.31. The molecule has 0 saturated carbocycles. The second kappa shape index (κ2) is 9.47. The van der Waals surface area contributed by atoms with Gasteiger partial charge in [-0.25, -0.2) is 4.98 Å². The van der Waals surface area contributed by atoms with Crippen LogP contribution >= 0.6 is 0 Å². The predicted octanol–water partition coefficient (Wildman–Crippen LogP) is 4.45. The molecule has 0 bridgehead atoms. The number of amides is 1. The van der Waals surface area contributed by atoms with E-state index in [0.29, 0.717) is 12.3 Å². The van der Waals surface area contributed by atoms with Gasteiger partial charge in [-0.3, -0.25) is 9.78 Å². The van der Waals surface area contributed by atoms with Crippen LogP contribution in [0.15, 0.2) is 79.0 Å². The van der Waals surface area contributed by atoms with Crippen LogP contribution in [0.4, 0.5) is 5.69 Å². The Morgan fingerprint density at radius 2 is 1.66 bits per heavy atom. The van der Waals surface area contributed by atoms with E-state index in [1.54, 1.807) is 13.1 Å². The molecule has 1 amide bonds. The van der Waals surface area contributed by atoms with Crippen molar-refractivity contribution in [1.29, 1.82) is 0 Å². The van der Waals surface area contributed by atoms with Crippen molar-refractivity contribution in [3.05, 3.63) is 84.6 Å². The van der Waals surface area contributed by atoms with Gasteiger partial charge in [0.05, 0.1) is 22.9 Å². The summed E-state index contributed by atoms with van der Waals surface area (Å²) in [6.45, 7) is 2.20. The van der Waals surface area contributed by atoms with Crippen molar-refractivity contribution in [1.82, 2.24) is 15.3 Å². The molecule has 0 saturated heterocycles. The van der Waals surface area contributed by atoms with Crippen LogP contribution in [-0.4, -0.2) is 36.1 Å². The predicted molar refractivity (Wildman–Crippen MR) is 128 cm³/mol. The largest absolute Gasteiger partial charge is 0.481 e. The van der Waals surface area contributed by atoms with Crippen LogP contribution in [0.1, 0.15) is 12.5 Å². The first kappa shape index (κ1) is 21.3. The number of benzene rings is 3. The molecule has 4 aromatic rings. The van der Waals surface area contributed by atoms with Gasteiger partial charge in [-0.2, -0.15) is 0 Å². The van der Waals surface area contributed by atoms with Crippen LogP contribution in [-0.2, 0) is 11.3 Å². The molecule has 6 heteroatoms. The zero-order valence-electron chi connectivity index (χ0n) is 18.4. The molecule has 1 aromatic heterocycles. The quantitative estimate of drug-likeness (QED) is 0.473. The summed E-state index contributed by atoms with van der Waals surface area (Å²) in [5.41, 5.74) is 5.61. The van der Waals surface area contributed by atoms with Crippen LogP contribution in [0.2, 0.25) is 0 Å². The van der Waals surface area contributed by atoms with E-state index in [-0.39, 0.29) is 5.91 Å².